The highest BCUT2D eigenvalue weighted by Gasteiger charge is 2.36. The Balaban J connectivity index is 1.34. The summed E-state index contributed by atoms with van der Waals surface area (Å²) in [5.74, 6) is -0.693. The topological polar surface area (TPSA) is 78.3 Å². The number of imidazole rings is 1. The summed E-state index contributed by atoms with van der Waals surface area (Å²) >= 11 is 0. The highest BCUT2D eigenvalue weighted by molar-refractivity contribution is 5.63. The van der Waals surface area contributed by atoms with Crippen molar-refractivity contribution in [1.82, 2.24) is 19.6 Å². The standard InChI is InChI=1S/C29H30F3N5O/c30-24-14-20(29(32)7-10-38-11-8-29)15-25(31)28(24)26-5-4-22-17-35-27(37(22)36-26)13-19-16-34-9-6-23(19)18-2-1-3-21(33)12-18/h4-6,9,14-18,21H,1-3,7-8,10-13,33H2/t18-,21+/m1/s1. The van der Waals surface area contributed by atoms with E-state index < -0.39 is 17.3 Å². The molecule has 2 atom stereocenters. The van der Waals surface area contributed by atoms with Gasteiger partial charge in [0.15, 0.2) is 0 Å². The van der Waals surface area contributed by atoms with Crippen molar-refractivity contribution in [1.29, 1.82) is 0 Å². The fraction of sp³-hybridized carbons (Fsp3) is 0.414. The molecule has 6 rings (SSSR count). The lowest BCUT2D eigenvalue weighted by atomic mass is 9.80. The molecule has 0 amide bonds. The van der Waals surface area contributed by atoms with Gasteiger partial charge in [0.25, 0.3) is 0 Å². The van der Waals surface area contributed by atoms with Crippen LogP contribution in [0.4, 0.5) is 13.2 Å². The van der Waals surface area contributed by atoms with E-state index in [-0.39, 0.29) is 48.9 Å². The van der Waals surface area contributed by atoms with Crippen LogP contribution < -0.4 is 5.73 Å². The summed E-state index contributed by atoms with van der Waals surface area (Å²) in [6.45, 7) is 0.435. The van der Waals surface area contributed by atoms with Crippen LogP contribution in [0, 0.1) is 11.6 Å². The maximum atomic E-state index is 15.4. The zero-order valence-electron chi connectivity index (χ0n) is 21.0. The summed E-state index contributed by atoms with van der Waals surface area (Å²) in [4.78, 5) is 8.89. The Morgan fingerprint density at radius 2 is 1.84 bits per heavy atom. The molecular formula is C29H30F3N5O. The second-order valence-electron chi connectivity index (χ2n) is 10.5. The smallest absolute Gasteiger partial charge is 0.140 e. The van der Waals surface area contributed by atoms with E-state index in [9.17, 15) is 0 Å². The first-order valence-corrected chi connectivity index (χ1v) is 13.2. The molecule has 38 heavy (non-hydrogen) atoms. The van der Waals surface area contributed by atoms with Gasteiger partial charge < -0.3 is 10.5 Å². The lowest BCUT2D eigenvalue weighted by Crippen LogP contribution is -2.29. The van der Waals surface area contributed by atoms with Crippen molar-refractivity contribution in [2.75, 3.05) is 13.2 Å². The van der Waals surface area contributed by atoms with Crippen molar-refractivity contribution in [3.05, 3.63) is 83.1 Å². The number of nitrogens with two attached hydrogens (primary N) is 1. The van der Waals surface area contributed by atoms with Gasteiger partial charge >= 0.3 is 0 Å². The fourth-order valence-corrected chi connectivity index (χ4v) is 5.91. The molecule has 1 saturated carbocycles. The van der Waals surface area contributed by atoms with Crippen LogP contribution in [-0.2, 0) is 16.8 Å². The number of fused-ring (bicyclic) bond motifs is 1. The SMILES string of the molecule is N[C@H]1CCC[C@@H](c2ccncc2Cc2ncc3ccc(-c4c(F)cc(C5(F)CCOCC5)cc4F)nn23)C1. The molecule has 2 fully saturated rings. The molecule has 0 spiro atoms. The summed E-state index contributed by atoms with van der Waals surface area (Å²) in [5.41, 5.74) is 7.22. The number of halogens is 3. The van der Waals surface area contributed by atoms with Crippen molar-refractivity contribution >= 4 is 5.52 Å². The van der Waals surface area contributed by atoms with Gasteiger partial charge in [-0.3, -0.25) is 4.98 Å². The minimum Gasteiger partial charge on any atom is -0.381 e. The second kappa shape index (κ2) is 10.1. The molecule has 4 heterocycles. The number of ether oxygens (including phenoxy) is 1. The third-order valence-corrected chi connectivity index (χ3v) is 8.00. The van der Waals surface area contributed by atoms with Gasteiger partial charge in [0.1, 0.15) is 23.1 Å². The normalized spacial score (nSPS) is 21.6. The molecule has 3 aromatic heterocycles. The van der Waals surface area contributed by atoms with E-state index in [1.54, 1.807) is 29.0 Å². The third-order valence-electron chi connectivity index (χ3n) is 8.00. The number of hydrogen-bond acceptors (Lipinski definition) is 5. The van der Waals surface area contributed by atoms with Crippen LogP contribution in [0.1, 0.15) is 67.0 Å². The van der Waals surface area contributed by atoms with Crippen LogP contribution in [-0.4, -0.2) is 38.8 Å². The molecule has 198 valence electrons. The molecule has 1 aromatic carbocycles. The molecule has 9 heteroatoms. The predicted molar refractivity (Wildman–Crippen MR) is 137 cm³/mol. The van der Waals surface area contributed by atoms with Crippen LogP contribution in [0.15, 0.2) is 48.9 Å². The number of pyridine rings is 1. The first-order chi connectivity index (χ1) is 18.4. The fourth-order valence-electron chi connectivity index (χ4n) is 5.91. The van der Waals surface area contributed by atoms with Crippen molar-refractivity contribution in [3.8, 4) is 11.3 Å². The molecular weight excluding hydrogens is 491 g/mol. The van der Waals surface area contributed by atoms with Crippen LogP contribution in [0.3, 0.4) is 0 Å². The number of nitrogens with zero attached hydrogens (tertiary/aromatic N) is 4. The maximum absolute atomic E-state index is 15.4. The first-order valence-electron chi connectivity index (χ1n) is 13.2. The molecule has 2 aliphatic rings. The van der Waals surface area contributed by atoms with Gasteiger partial charge in [0.05, 0.1) is 23.0 Å². The zero-order valence-corrected chi connectivity index (χ0v) is 21.0. The van der Waals surface area contributed by atoms with E-state index in [1.807, 2.05) is 6.20 Å². The third kappa shape index (κ3) is 4.69. The van der Waals surface area contributed by atoms with Crippen molar-refractivity contribution in [2.45, 2.75) is 62.6 Å². The van der Waals surface area contributed by atoms with Gasteiger partial charge in [-0.05, 0) is 72.2 Å². The average Bonchev–Trinajstić information content (AvgIpc) is 3.31. The van der Waals surface area contributed by atoms with E-state index in [0.717, 1.165) is 43.4 Å². The minimum absolute atomic E-state index is 0.00418. The monoisotopic (exact) mass is 521 g/mol. The lowest BCUT2D eigenvalue weighted by molar-refractivity contribution is -0.0117. The summed E-state index contributed by atoms with van der Waals surface area (Å²) in [7, 11) is 0. The Hall–Kier alpha value is -3.30. The molecule has 1 saturated heterocycles. The Labute approximate surface area is 219 Å². The van der Waals surface area contributed by atoms with Gasteiger partial charge in [-0.1, -0.05) is 6.42 Å². The summed E-state index contributed by atoms with van der Waals surface area (Å²) in [5, 5.41) is 4.56. The molecule has 4 aromatic rings. The van der Waals surface area contributed by atoms with E-state index in [0.29, 0.717) is 23.7 Å². The molecule has 0 bridgehead atoms. The van der Waals surface area contributed by atoms with Crippen LogP contribution in [0.25, 0.3) is 16.8 Å². The summed E-state index contributed by atoms with van der Waals surface area (Å²) < 4.78 is 52.7. The Kier molecular flexibility index (Phi) is 6.65. The summed E-state index contributed by atoms with van der Waals surface area (Å²) in [6.07, 6.45) is 10.1. The summed E-state index contributed by atoms with van der Waals surface area (Å²) in [6, 6.07) is 7.70. The molecule has 2 N–H and O–H groups in total. The molecule has 0 unspecified atom stereocenters. The molecule has 1 aliphatic carbocycles. The average molecular weight is 522 g/mol. The Morgan fingerprint density at radius 1 is 1.05 bits per heavy atom. The highest BCUT2D eigenvalue weighted by atomic mass is 19.1. The number of aromatic nitrogens is 4. The van der Waals surface area contributed by atoms with E-state index in [1.165, 1.54) is 5.56 Å². The lowest BCUT2D eigenvalue weighted by Gasteiger charge is -2.30. The van der Waals surface area contributed by atoms with Gasteiger partial charge in [-0.2, -0.15) is 5.10 Å². The number of alkyl halides is 1. The second-order valence-corrected chi connectivity index (χ2v) is 10.5. The van der Waals surface area contributed by atoms with Crippen LogP contribution >= 0.6 is 0 Å². The Morgan fingerprint density at radius 3 is 2.61 bits per heavy atom. The van der Waals surface area contributed by atoms with E-state index in [4.69, 9.17) is 10.5 Å². The van der Waals surface area contributed by atoms with Crippen molar-refractivity contribution in [3.63, 3.8) is 0 Å². The predicted octanol–water partition coefficient (Wildman–Crippen LogP) is 5.62. The van der Waals surface area contributed by atoms with Crippen LogP contribution in [0.2, 0.25) is 0 Å². The molecule has 1 aliphatic heterocycles. The Bertz CT molecular complexity index is 1440. The zero-order chi connectivity index (χ0) is 26.3. The molecule has 0 radical (unpaired) electrons. The van der Waals surface area contributed by atoms with Gasteiger partial charge in [0, 0.05) is 50.9 Å². The quantitative estimate of drug-likeness (QED) is 0.369. The minimum atomic E-state index is -1.81. The highest BCUT2D eigenvalue weighted by Crippen LogP contribution is 2.39. The van der Waals surface area contributed by atoms with Gasteiger partial charge in [0.2, 0.25) is 0 Å². The van der Waals surface area contributed by atoms with Gasteiger partial charge in [-0.15, -0.1) is 0 Å². The number of rotatable bonds is 5. The maximum Gasteiger partial charge on any atom is 0.140 e. The van der Waals surface area contributed by atoms with Crippen molar-refractivity contribution in [2.24, 2.45) is 5.73 Å². The van der Waals surface area contributed by atoms with Crippen molar-refractivity contribution < 1.29 is 17.9 Å². The van der Waals surface area contributed by atoms with E-state index >= 15 is 13.2 Å². The number of hydrogen-bond donors (Lipinski definition) is 1. The van der Waals surface area contributed by atoms with Crippen LogP contribution in [0.5, 0.6) is 0 Å². The largest absolute Gasteiger partial charge is 0.381 e. The molecule has 6 nitrogen and oxygen atoms in total. The number of benzene rings is 1. The first kappa shape index (κ1) is 25.0. The van der Waals surface area contributed by atoms with Gasteiger partial charge in [-0.25, -0.2) is 22.7 Å². The van der Waals surface area contributed by atoms with E-state index in [2.05, 4.69) is 21.1 Å².